The fraction of sp³-hybridized carbons (Fsp3) is 0.111. The van der Waals surface area contributed by atoms with Crippen LogP contribution in [0.15, 0.2) is 140 Å². The molecule has 0 N–H and O–H groups in total. The first-order valence-corrected chi connectivity index (χ1v) is 20.4. The van der Waals surface area contributed by atoms with E-state index in [4.69, 9.17) is 9.97 Å². The van der Waals surface area contributed by atoms with Crippen molar-refractivity contribution in [2.45, 2.75) is 41.5 Å². The molecule has 0 saturated carbocycles. The summed E-state index contributed by atoms with van der Waals surface area (Å²) >= 11 is 0. The van der Waals surface area contributed by atoms with Crippen molar-refractivity contribution in [1.82, 2.24) is 9.97 Å². The Balaban J connectivity index is 0.00000433. The summed E-state index contributed by atoms with van der Waals surface area (Å²) in [4.78, 5) is 15.0. The van der Waals surface area contributed by atoms with E-state index in [9.17, 15) is 0 Å². The predicted molar refractivity (Wildman–Crippen MR) is 248 cm³/mol. The molecule has 0 atom stereocenters. The molecule has 2 aliphatic heterocycles. The molecule has 0 amide bonds. The van der Waals surface area contributed by atoms with Crippen molar-refractivity contribution in [1.29, 1.82) is 0 Å². The van der Waals surface area contributed by atoms with Crippen LogP contribution in [0, 0.1) is 53.7 Å². The average molecular weight is 952 g/mol. The Labute approximate surface area is 366 Å². The smallest absolute Gasteiger partial charge is 0.352 e. The standard InChI is InChI=1S/C54H41BN4.Pt/c1-32-22-34(3)53(35(4)23-32)58-48-20-18-40(46-28-38-12-7-9-14-42(38)30-56-46)26-44(48)55-45-27-41(47-29-39-13-8-10-15-43(39)31-57-47)19-21-49(45)59(51-17-11-16-50(58)52(51)55)54-36(5)24-33(2)25-37(54)6;/h7-25,28-31H,1-6H3;/q-2;+2. The number of hydrogen-bond acceptors (Lipinski definition) is 4. The van der Waals surface area contributed by atoms with Crippen LogP contribution in [0.2, 0.25) is 0 Å². The van der Waals surface area contributed by atoms with Gasteiger partial charge < -0.3 is 19.8 Å². The van der Waals surface area contributed by atoms with Crippen LogP contribution in [0.5, 0.6) is 0 Å². The van der Waals surface area contributed by atoms with Crippen molar-refractivity contribution in [2.24, 2.45) is 0 Å². The number of rotatable bonds is 4. The van der Waals surface area contributed by atoms with E-state index in [1.54, 1.807) is 0 Å². The second-order valence-electron chi connectivity index (χ2n) is 16.5. The van der Waals surface area contributed by atoms with Gasteiger partial charge in [-0.1, -0.05) is 102 Å². The topological polar surface area (TPSA) is 32.3 Å². The third-order valence-corrected chi connectivity index (χ3v) is 12.3. The Hall–Kier alpha value is -6.29. The fourth-order valence-electron chi connectivity index (χ4n) is 10.0. The summed E-state index contributed by atoms with van der Waals surface area (Å²) in [5.41, 5.74) is 21.6. The minimum atomic E-state index is -0.170. The molecule has 0 saturated heterocycles. The first-order chi connectivity index (χ1) is 28.7. The van der Waals surface area contributed by atoms with Crippen LogP contribution in [0.4, 0.5) is 34.1 Å². The molecule has 0 unspecified atom stereocenters. The maximum absolute atomic E-state index is 5.00. The van der Waals surface area contributed by atoms with E-state index in [0.717, 1.165) is 66.4 Å². The Morgan fingerprint density at radius 3 is 1.25 bits per heavy atom. The molecule has 60 heavy (non-hydrogen) atoms. The van der Waals surface area contributed by atoms with Crippen LogP contribution in [0.1, 0.15) is 33.4 Å². The second kappa shape index (κ2) is 14.5. The van der Waals surface area contributed by atoms with Crippen molar-refractivity contribution in [2.75, 3.05) is 9.80 Å². The van der Waals surface area contributed by atoms with E-state index >= 15 is 0 Å². The largest absolute Gasteiger partial charge is 2.00 e. The first-order valence-electron chi connectivity index (χ1n) is 20.4. The van der Waals surface area contributed by atoms with E-state index in [1.165, 1.54) is 61.6 Å². The van der Waals surface area contributed by atoms with Crippen molar-refractivity contribution in [3.63, 3.8) is 0 Å². The van der Waals surface area contributed by atoms with Gasteiger partial charge in [0.1, 0.15) is 0 Å². The zero-order valence-corrected chi connectivity index (χ0v) is 36.7. The molecular formula is C54H41BN4Pt. The Bertz CT molecular complexity index is 2970. The number of benzene rings is 7. The van der Waals surface area contributed by atoms with Gasteiger partial charge in [-0.05, 0) is 126 Å². The monoisotopic (exact) mass is 951 g/mol. The van der Waals surface area contributed by atoms with Crippen molar-refractivity contribution < 1.29 is 21.1 Å². The summed E-state index contributed by atoms with van der Waals surface area (Å²) in [6, 6.07) is 54.4. The van der Waals surface area contributed by atoms with Crippen LogP contribution >= 0.6 is 0 Å². The number of pyridine rings is 2. The molecule has 290 valence electrons. The summed E-state index contributed by atoms with van der Waals surface area (Å²) in [5, 5.41) is 4.56. The third kappa shape index (κ3) is 5.93. The molecule has 4 heterocycles. The van der Waals surface area contributed by atoms with Crippen LogP contribution in [0.3, 0.4) is 0 Å². The molecule has 7 aromatic carbocycles. The second-order valence-corrected chi connectivity index (χ2v) is 16.5. The van der Waals surface area contributed by atoms with Gasteiger partial charge in [-0.3, -0.25) is 0 Å². The zero-order valence-electron chi connectivity index (χ0n) is 34.5. The quantitative estimate of drug-likeness (QED) is 0.130. The number of aryl methyl sites for hydroxylation is 6. The van der Waals surface area contributed by atoms with Gasteiger partial charge in [0.15, 0.2) is 0 Å². The van der Waals surface area contributed by atoms with Crippen molar-refractivity contribution in [3.8, 4) is 22.5 Å². The Kier molecular flexibility index (Phi) is 9.15. The van der Waals surface area contributed by atoms with E-state index in [2.05, 4.69) is 191 Å². The van der Waals surface area contributed by atoms with E-state index in [1.807, 2.05) is 12.4 Å². The van der Waals surface area contributed by atoms with Gasteiger partial charge in [-0.25, -0.2) is 0 Å². The Morgan fingerprint density at radius 1 is 0.433 bits per heavy atom. The SMILES string of the molecule is Cc1cc(C)c(N2c3ccc(-c4cc5ccccc5cn4)[c-]c3B3c4[c-]c(-c5cc6ccccc6cn5)ccc4N(c4c(C)cc(C)cc4C)c4cccc2c43)c(C)c1.[Pt+2]. The Morgan fingerprint density at radius 2 is 0.833 bits per heavy atom. The van der Waals surface area contributed by atoms with Gasteiger partial charge >= 0.3 is 21.1 Å². The molecule has 0 radical (unpaired) electrons. The molecular weight excluding hydrogens is 911 g/mol. The normalized spacial score (nSPS) is 12.6. The summed E-state index contributed by atoms with van der Waals surface area (Å²) in [6.45, 7) is 13.2. The van der Waals surface area contributed by atoms with E-state index in [-0.39, 0.29) is 27.8 Å². The van der Waals surface area contributed by atoms with Crippen LogP contribution in [-0.4, -0.2) is 16.7 Å². The molecule has 0 bridgehead atoms. The van der Waals surface area contributed by atoms with Crippen LogP contribution in [0.25, 0.3) is 44.1 Å². The molecule has 4 nitrogen and oxygen atoms in total. The number of nitrogens with zero attached hydrogens (tertiary/aromatic N) is 4. The van der Waals surface area contributed by atoms with Crippen molar-refractivity contribution in [3.05, 3.63) is 185 Å². The number of fused-ring (bicyclic) bond motifs is 6. The predicted octanol–water partition coefficient (Wildman–Crippen LogP) is 11.6. The molecule has 2 aliphatic rings. The van der Waals surface area contributed by atoms with Gasteiger partial charge in [0.2, 0.25) is 6.71 Å². The molecule has 2 aromatic heterocycles. The maximum atomic E-state index is 5.00. The van der Waals surface area contributed by atoms with Crippen LogP contribution in [-0.2, 0) is 21.1 Å². The molecule has 0 aliphatic carbocycles. The number of hydrogen-bond donors (Lipinski definition) is 0. The van der Waals surface area contributed by atoms with E-state index < -0.39 is 0 Å². The molecule has 9 aromatic rings. The zero-order chi connectivity index (χ0) is 40.1. The minimum Gasteiger partial charge on any atom is -0.352 e. The van der Waals surface area contributed by atoms with Crippen molar-refractivity contribution >= 4 is 78.8 Å². The minimum absolute atomic E-state index is 0. The number of anilines is 6. The molecule has 0 fully saturated rings. The maximum Gasteiger partial charge on any atom is 2.00 e. The third-order valence-electron chi connectivity index (χ3n) is 12.3. The van der Waals surface area contributed by atoms with E-state index in [0.29, 0.717) is 0 Å². The van der Waals surface area contributed by atoms with Gasteiger partial charge in [0, 0.05) is 35.1 Å². The molecule has 6 heteroatoms. The molecule has 11 rings (SSSR count). The summed E-state index contributed by atoms with van der Waals surface area (Å²) in [6.07, 6.45) is 3.96. The van der Waals surface area contributed by atoms with Gasteiger partial charge in [0.25, 0.3) is 0 Å². The number of aromatic nitrogens is 2. The summed E-state index contributed by atoms with van der Waals surface area (Å²) < 4.78 is 0. The first kappa shape index (κ1) is 37.9. The average Bonchev–Trinajstić information content (AvgIpc) is 3.23. The van der Waals surface area contributed by atoms with Gasteiger partial charge in [-0.2, -0.15) is 0 Å². The summed E-state index contributed by atoms with van der Waals surface area (Å²) in [5.74, 6) is 0. The summed E-state index contributed by atoms with van der Waals surface area (Å²) in [7, 11) is 0. The van der Waals surface area contributed by atoms with Gasteiger partial charge in [0.05, 0.1) is 0 Å². The van der Waals surface area contributed by atoms with Crippen LogP contribution < -0.4 is 26.2 Å². The fourth-order valence-corrected chi connectivity index (χ4v) is 10.0. The van der Waals surface area contributed by atoms with Gasteiger partial charge in [-0.15, -0.1) is 58.5 Å². The molecule has 0 spiro atoms.